The zero-order chi connectivity index (χ0) is 14.0. The van der Waals surface area contributed by atoms with E-state index in [1.165, 1.54) is 0 Å². The first kappa shape index (κ1) is 13.6. The number of hydrogen-bond donors (Lipinski definition) is 2. The SMILES string of the molecule is Cc1ccc(Br)c(NC(=O)c2cc(C)ccc2N)c1. The minimum Gasteiger partial charge on any atom is -0.398 e. The molecule has 0 saturated heterocycles. The van der Waals surface area contributed by atoms with Crippen molar-refractivity contribution in [2.45, 2.75) is 13.8 Å². The molecule has 0 heterocycles. The molecule has 3 nitrogen and oxygen atoms in total. The molecule has 0 aliphatic carbocycles. The third-order valence-corrected chi connectivity index (χ3v) is 3.51. The summed E-state index contributed by atoms with van der Waals surface area (Å²) in [6.45, 7) is 3.90. The van der Waals surface area contributed by atoms with Crippen LogP contribution in [0, 0.1) is 13.8 Å². The molecule has 0 radical (unpaired) electrons. The van der Waals surface area contributed by atoms with Gasteiger partial charge in [-0.3, -0.25) is 4.79 Å². The minimum atomic E-state index is -0.201. The van der Waals surface area contributed by atoms with Gasteiger partial charge in [0.05, 0.1) is 11.3 Å². The number of nitrogens with two attached hydrogens (primary N) is 1. The van der Waals surface area contributed by atoms with Gasteiger partial charge in [0.15, 0.2) is 0 Å². The summed E-state index contributed by atoms with van der Waals surface area (Å²) >= 11 is 3.42. The minimum absolute atomic E-state index is 0.201. The number of nitrogen functional groups attached to an aromatic ring is 1. The second kappa shape index (κ2) is 5.45. The highest BCUT2D eigenvalue weighted by Crippen LogP contribution is 2.24. The number of amides is 1. The lowest BCUT2D eigenvalue weighted by molar-refractivity contribution is 0.102. The maximum Gasteiger partial charge on any atom is 0.257 e. The van der Waals surface area contributed by atoms with Crippen molar-refractivity contribution in [2.24, 2.45) is 0 Å². The van der Waals surface area contributed by atoms with Gasteiger partial charge in [-0.1, -0.05) is 17.7 Å². The maximum atomic E-state index is 12.2. The molecular formula is C15H15BrN2O. The van der Waals surface area contributed by atoms with Gasteiger partial charge in [-0.2, -0.15) is 0 Å². The van der Waals surface area contributed by atoms with Gasteiger partial charge in [0.2, 0.25) is 0 Å². The predicted molar refractivity (Wildman–Crippen MR) is 82.4 cm³/mol. The van der Waals surface area contributed by atoms with Crippen LogP contribution in [-0.2, 0) is 0 Å². The van der Waals surface area contributed by atoms with E-state index in [-0.39, 0.29) is 5.91 Å². The Bertz CT molecular complexity index is 638. The van der Waals surface area contributed by atoms with E-state index in [2.05, 4.69) is 21.2 Å². The van der Waals surface area contributed by atoms with Crippen molar-refractivity contribution < 1.29 is 4.79 Å². The van der Waals surface area contributed by atoms with Crippen molar-refractivity contribution in [3.8, 4) is 0 Å². The van der Waals surface area contributed by atoms with E-state index < -0.39 is 0 Å². The van der Waals surface area contributed by atoms with Gasteiger partial charge in [0.25, 0.3) is 5.91 Å². The Labute approximate surface area is 121 Å². The standard InChI is InChI=1S/C15H15BrN2O/c1-9-4-6-13(17)11(7-9)15(19)18-14-8-10(2)3-5-12(14)16/h3-8H,17H2,1-2H3,(H,18,19). The highest BCUT2D eigenvalue weighted by molar-refractivity contribution is 9.10. The number of aryl methyl sites for hydroxylation is 2. The van der Waals surface area contributed by atoms with E-state index in [0.29, 0.717) is 11.3 Å². The molecule has 2 aromatic carbocycles. The third-order valence-electron chi connectivity index (χ3n) is 2.82. The summed E-state index contributed by atoms with van der Waals surface area (Å²) in [4.78, 5) is 12.2. The molecule has 98 valence electrons. The Hall–Kier alpha value is -1.81. The molecule has 0 atom stereocenters. The summed E-state index contributed by atoms with van der Waals surface area (Å²) in [6.07, 6.45) is 0. The molecule has 2 rings (SSSR count). The third kappa shape index (κ3) is 3.15. The molecule has 1 amide bonds. The molecule has 4 heteroatoms. The van der Waals surface area contributed by atoms with Gasteiger partial charge in [-0.25, -0.2) is 0 Å². The highest BCUT2D eigenvalue weighted by atomic mass is 79.9. The monoisotopic (exact) mass is 318 g/mol. The lowest BCUT2D eigenvalue weighted by atomic mass is 10.1. The highest BCUT2D eigenvalue weighted by Gasteiger charge is 2.11. The van der Waals surface area contributed by atoms with E-state index in [9.17, 15) is 4.79 Å². The van der Waals surface area contributed by atoms with Crippen LogP contribution in [0.4, 0.5) is 11.4 Å². The number of carbonyl (C=O) groups is 1. The zero-order valence-electron chi connectivity index (χ0n) is 10.8. The van der Waals surface area contributed by atoms with Gasteiger partial charge in [0.1, 0.15) is 0 Å². The van der Waals surface area contributed by atoms with Crippen LogP contribution in [0.2, 0.25) is 0 Å². The summed E-state index contributed by atoms with van der Waals surface area (Å²) in [6, 6.07) is 11.2. The molecule has 0 saturated carbocycles. The summed E-state index contributed by atoms with van der Waals surface area (Å²) in [5.41, 5.74) is 9.64. The molecule has 0 bridgehead atoms. The van der Waals surface area contributed by atoms with E-state index in [0.717, 1.165) is 21.3 Å². The van der Waals surface area contributed by atoms with Crippen LogP contribution in [0.25, 0.3) is 0 Å². The van der Waals surface area contributed by atoms with Crippen LogP contribution in [0.5, 0.6) is 0 Å². The first-order valence-electron chi connectivity index (χ1n) is 5.91. The fraction of sp³-hybridized carbons (Fsp3) is 0.133. The number of halogens is 1. The van der Waals surface area contributed by atoms with Gasteiger partial charge in [-0.15, -0.1) is 0 Å². The van der Waals surface area contributed by atoms with E-state index in [1.54, 1.807) is 12.1 Å². The lowest BCUT2D eigenvalue weighted by Gasteiger charge is -2.10. The van der Waals surface area contributed by atoms with Gasteiger partial charge >= 0.3 is 0 Å². The molecule has 3 N–H and O–H groups in total. The fourth-order valence-electron chi connectivity index (χ4n) is 1.79. The average molecular weight is 319 g/mol. The second-order valence-electron chi connectivity index (χ2n) is 4.53. The number of carbonyl (C=O) groups excluding carboxylic acids is 1. The van der Waals surface area contributed by atoms with Crippen molar-refractivity contribution in [3.63, 3.8) is 0 Å². The van der Waals surface area contributed by atoms with Crippen LogP contribution in [0.15, 0.2) is 40.9 Å². The van der Waals surface area contributed by atoms with Crippen LogP contribution >= 0.6 is 15.9 Å². The van der Waals surface area contributed by atoms with Gasteiger partial charge < -0.3 is 11.1 Å². The van der Waals surface area contributed by atoms with Gasteiger partial charge in [-0.05, 0) is 59.6 Å². The number of benzene rings is 2. The molecule has 0 aromatic heterocycles. The zero-order valence-corrected chi connectivity index (χ0v) is 12.4. The van der Waals surface area contributed by atoms with Crippen molar-refractivity contribution in [1.82, 2.24) is 0 Å². The summed E-state index contributed by atoms with van der Waals surface area (Å²) in [5, 5.41) is 2.87. The summed E-state index contributed by atoms with van der Waals surface area (Å²) in [7, 11) is 0. The summed E-state index contributed by atoms with van der Waals surface area (Å²) in [5.74, 6) is -0.201. The predicted octanol–water partition coefficient (Wildman–Crippen LogP) is 3.90. The normalized spacial score (nSPS) is 10.3. The fourth-order valence-corrected chi connectivity index (χ4v) is 2.14. The average Bonchev–Trinajstić information content (AvgIpc) is 2.36. The molecule has 0 unspecified atom stereocenters. The number of rotatable bonds is 2. The first-order chi connectivity index (χ1) is 8.97. The smallest absolute Gasteiger partial charge is 0.257 e. The molecule has 2 aromatic rings. The van der Waals surface area contributed by atoms with Crippen LogP contribution in [0.1, 0.15) is 21.5 Å². The first-order valence-corrected chi connectivity index (χ1v) is 6.70. The summed E-state index contributed by atoms with van der Waals surface area (Å²) < 4.78 is 0.845. The van der Waals surface area contributed by atoms with E-state index in [1.807, 2.05) is 38.1 Å². The quantitative estimate of drug-likeness (QED) is 0.825. The second-order valence-corrected chi connectivity index (χ2v) is 5.38. The molecule has 19 heavy (non-hydrogen) atoms. The lowest BCUT2D eigenvalue weighted by Crippen LogP contribution is -2.14. The van der Waals surface area contributed by atoms with Crippen LogP contribution in [-0.4, -0.2) is 5.91 Å². The molecular weight excluding hydrogens is 304 g/mol. The van der Waals surface area contributed by atoms with Crippen LogP contribution < -0.4 is 11.1 Å². The van der Waals surface area contributed by atoms with Crippen LogP contribution in [0.3, 0.4) is 0 Å². The maximum absolute atomic E-state index is 12.2. The van der Waals surface area contributed by atoms with Gasteiger partial charge in [0, 0.05) is 10.2 Å². The van der Waals surface area contributed by atoms with E-state index >= 15 is 0 Å². The Kier molecular flexibility index (Phi) is 3.90. The molecule has 0 spiro atoms. The topological polar surface area (TPSA) is 55.1 Å². The van der Waals surface area contributed by atoms with Crippen molar-refractivity contribution in [3.05, 3.63) is 57.6 Å². The molecule has 0 fully saturated rings. The molecule has 0 aliphatic heterocycles. The van der Waals surface area contributed by atoms with Crippen molar-refractivity contribution >= 4 is 33.2 Å². The Morgan fingerprint density at radius 1 is 1.11 bits per heavy atom. The largest absolute Gasteiger partial charge is 0.398 e. The Morgan fingerprint density at radius 3 is 2.47 bits per heavy atom. The Balaban J connectivity index is 2.30. The molecule has 0 aliphatic rings. The Morgan fingerprint density at radius 2 is 1.74 bits per heavy atom. The number of hydrogen-bond acceptors (Lipinski definition) is 2. The number of nitrogens with one attached hydrogen (secondary N) is 1. The number of anilines is 2. The van der Waals surface area contributed by atoms with E-state index in [4.69, 9.17) is 5.73 Å². The van der Waals surface area contributed by atoms with Crippen molar-refractivity contribution in [2.75, 3.05) is 11.1 Å². The van der Waals surface area contributed by atoms with Crippen molar-refractivity contribution in [1.29, 1.82) is 0 Å².